The smallest absolute Gasteiger partial charge is 0.270 e. The predicted molar refractivity (Wildman–Crippen MR) is 120 cm³/mol. The minimum absolute atomic E-state index is 0.165. The number of nitrogens with zero attached hydrogens (tertiary/aromatic N) is 1. The van der Waals surface area contributed by atoms with E-state index in [2.05, 4.69) is 15.9 Å². The zero-order valence-electron chi connectivity index (χ0n) is 14.7. The molecule has 28 heavy (non-hydrogen) atoms. The Morgan fingerprint density at radius 2 is 1.79 bits per heavy atom. The first-order valence-electron chi connectivity index (χ1n) is 8.33. The van der Waals surface area contributed by atoms with Crippen LogP contribution in [0.1, 0.15) is 5.76 Å². The van der Waals surface area contributed by atoms with Crippen LogP contribution in [0.15, 0.2) is 74.5 Å². The van der Waals surface area contributed by atoms with Crippen LogP contribution in [0.5, 0.6) is 5.75 Å². The van der Waals surface area contributed by atoms with Crippen LogP contribution in [0.2, 0.25) is 0 Å². The molecule has 140 valence electrons. The van der Waals surface area contributed by atoms with Crippen LogP contribution < -0.4 is 9.64 Å². The maximum atomic E-state index is 12.9. The fourth-order valence-corrected chi connectivity index (χ4v) is 4.29. The summed E-state index contributed by atoms with van der Waals surface area (Å²) in [6.07, 6.45) is 1.73. The topological polar surface area (TPSA) is 42.7 Å². The third-order valence-electron chi connectivity index (χ3n) is 4.15. The number of carbonyl (C=O) groups is 1. The number of rotatable bonds is 4. The number of methoxy groups -OCH3 is 1. The van der Waals surface area contributed by atoms with E-state index in [1.54, 1.807) is 25.3 Å². The first kappa shape index (κ1) is 19.0. The Kier molecular flexibility index (Phi) is 5.39. The molecule has 4 rings (SSSR count). The summed E-state index contributed by atoms with van der Waals surface area (Å²) >= 11 is 10.1. The zero-order valence-corrected chi connectivity index (χ0v) is 17.9. The van der Waals surface area contributed by atoms with Gasteiger partial charge in [0.1, 0.15) is 17.3 Å². The van der Waals surface area contributed by atoms with E-state index in [9.17, 15) is 4.79 Å². The summed E-state index contributed by atoms with van der Waals surface area (Å²) in [4.78, 5) is 14.9. The monoisotopic (exact) mass is 471 g/mol. The summed E-state index contributed by atoms with van der Waals surface area (Å²) in [5, 5.41) is 0. The van der Waals surface area contributed by atoms with Crippen LogP contribution >= 0.6 is 39.9 Å². The molecule has 1 aromatic heterocycles. The Bertz CT molecular complexity index is 1070. The molecule has 2 heterocycles. The Balaban J connectivity index is 1.58. The standard InChI is InChI=1S/C21H14BrNO3S2/c1-25-16-8-6-15(7-9-16)23-20(24)19(28-21(23)27)12-17-10-11-18(26-17)13-2-4-14(22)5-3-13/h2-12H,1H3/b19-12+. The average molecular weight is 472 g/mol. The zero-order chi connectivity index (χ0) is 19.7. The lowest BCUT2D eigenvalue weighted by Gasteiger charge is -2.14. The molecule has 1 fully saturated rings. The lowest BCUT2D eigenvalue weighted by atomic mass is 10.2. The van der Waals surface area contributed by atoms with Gasteiger partial charge < -0.3 is 9.15 Å². The highest BCUT2D eigenvalue weighted by atomic mass is 79.9. The van der Waals surface area contributed by atoms with Gasteiger partial charge in [-0.25, -0.2) is 0 Å². The molecule has 1 amide bonds. The van der Waals surface area contributed by atoms with Crippen molar-refractivity contribution in [3.05, 3.63) is 75.8 Å². The maximum absolute atomic E-state index is 12.9. The summed E-state index contributed by atoms with van der Waals surface area (Å²) in [5.41, 5.74) is 1.68. The van der Waals surface area contributed by atoms with E-state index in [1.165, 1.54) is 16.7 Å². The van der Waals surface area contributed by atoms with Crippen molar-refractivity contribution in [3.63, 3.8) is 0 Å². The van der Waals surface area contributed by atoms with Gasteiger partial charge >= 0.3 is 0 Å². The van der Waals surface area contributed by atoms with Crippen LogP contribution in [0.25, 0.3) is 17.4 Å². The van der Waals surface area contributed by atoms with Crippen molar-refractivity contribution in [3.8, 4) is 17.1 Å². The van der Waals surface area contributed by atoms with E-state index in [4.69, 9.17) is 21.4 Å². The van der Waals surface area contributed by atoms with Gasteiger partial charge in [-0.15, -0.1) is 0 Å². The molecule has 1 aliphatic rings. The first-order chi connectivity index (χ1) is 13.5. The van der Waals surface area contributed by atoms with E-state index < -0.39 is 0 Å². The van der Waals surface area contributed by atoms with Gasteiger partial charge in [0.25, 0.3) is 5.91 Å². The summed E-state index contributed by atoms with van der Waals surface area (Å²) in [5.74, 6) is 1.90. The fraction of sp³-hybridized carbons (Fsp3) is 0.0476. The number of benzene rings is 2. The van der Waals surface area contributed by atoms with Crippen molar-refractivity contribution in [2.24, 2.45) is 0 Å². The predicted octanol–water partition coefficient (Wildman–Crippen LogP) is 6.12. The van der Waals surface area contributed by atoms with E-state index in [0.29, 0.717) is 20.7 Å². The molecule has 3 aromatic rings. The highest BCUT2D eigenvalue weighted by Gasteiger charge is 2.33. The number of halogens is 1. The Morgan fingerprint density at radius 3 is 2.46 bits per heavy atom. The quantitative estimate of drug-likeness (QED) is 0.338. The van der Waals surface area contributed by atoms with Crippen molar-refractivity contribution < 1.29 is 13.9 Å². The van der Waals surface area contributed by atoms with Crippen molar-refractivity contribution in [1.29, 1.82) is 0 Å². The fourth-order valence-electron chi connectivity index (χ4n) is 2.75. The molecule has 0 saturated carbocycles. The number of anilines is 1. The lowest BCUT2D eigenvalue weighted by Crippen LogP contribution is -2.27. The van der Waals surface area contributed by atoms with E-state index >= 15 is 0 Å². The van der Waals surface area contributed by atoms with Crippen LogP contribution in [-0.4, -0.2) is 17.3 Å². The third kappa shape index (κ3) is 3.78. The molecule has 0 radical (unpaired) electrons. The second-order valence-corrected chi connectivity index (χ2v) is 8.52. The lowest BCUT2D eigenvalue weighted by molar-refractivity contribution is -0.113. The SMILES string of the molecule is COc1ccc(N2C(=O)/C(=C\c3ccc(-c4ccc(Br)cc4)o3)SC2=S)cc1. The summed E-state index contributed by atoms with van der Waals surface area (Å²) in [6, 6.07) is 18.8. The van der Waals surface area contributed by atoms with E-state index in [1.807, 2.05) is 48.5 Å². The second kappa shape index (κ2) is 7.95. The highest BCUT2D eigenvalue weighted by Crippen LogP contribution is 2.37. The van der Waals surface area contributed by atoms with Crippen LogP contribution in [0.4, 0.5) is 5.69 Å². The summed E-state index contributed by atoms with van der Waals surface area (Å²) < 4.78 is 12.5. The third-order valence-corrected chi connectivity index (χ3v) is 5.98. The van der Waals surface area contributed by atoms with E-state index in [-0.39, 0.29) is 5.91 Å². The molecule has 0 bridgehead atoms. The molecule has 4 nitrogen and oxygen atoms in total. The first-order valence-corrected chi connectivity index (χ1v) is 10.3. The van der Waals surface area contributed by atoms with E-state index in [0.717, 1.165) is 21.5 Å². The number of hydrogen-bond donors (Lipinski definition) is 0. The number of carbonyl (C=O) groups excluding carboxylic acids is 1. The van der Waals surface area contributed by atoms with Crippen molar-refractivity contribution in [2.45, 2.75) is 0 Å². The minimum Gasteiger partial charge on any atom is -0.497 e. The van der Waals surface area contributed by atoms with Gasteiger partial charge in [-0.3, -0.25) is 9.69 Å². The molecule has 0 unspecified atom stereocenters. The molecule has 2 aromatic carbocycles. The number of amides is 1. The largest absolute Gasteiger partial charge is 0.497 e. The van der Waals surface area contributed by atoms with Gasteiger partial charge in [0.05, 0.1) is 17.7 Å². The van der Waals surface area contributed by atoms with Crippen molar-refractivity contribution in [1.82, 2.24) is 0 Å². The molecule has 0 N–H and O–H groups in total. The Hall–Kier alpha value is -2.35. The van der Waals surface area contributed by atoms with Gasteiger partial charge in [0, 0.05) is 16.1 Å². The summed E-state index contributed by atoms with van der Waals surface area (Å²) in [7, 11) is 1.60. The van der Waals surface area contributed by atoms with Gasteiger partial charge in [-0.2, -0.15) is 0 Å². The van der Waals surface area contributed by atoms with Gasteiger partial charge in [-0.05, 0) is 48.5 Å². The van der Waals surface area contributed by atoms with Crippen molar-refractivity contribution in [2.75, 3.05) is 12.0 Å². The number of furan rings is 1. The molecule has 1 aliphatic heterocycles. The maximum Gasteiger partial charge on any atom is 0.270 e. The number of thioether (sulfide) groups is 1. The number of hydrogen-bond acceptors (Lipinski definition) is 5. The van der Waals surface area contributed by atoms with Crippen LogP contribution in [-0.2, 0) is 4.79 Å². The summed E-state index contributed by atoms with van der Waals surface area (Å²) in [6.45, 7) is 0. The molecular formula is C21H14BrNO3S2. The second-order valence-electron chi connectivity index (χ2n) is 5.92. The van der Waals surface area contributed by atoms with Crippen LogP contribution in [0.3, 0.4) is 0 Å². The van der Waals surface area contributed by atoms with Crippen molar-refractivity contribution >= 4 is 61.9 Å². The Morgan fingerprint density at radius 1 is 1.07 bits per heavy atom. The number of thiocarbonyl (C=S) groups is 1. The van der Waals surface area contributed by atoms with Gasteiger partial charge in [0.15, 0.2) is 4.32 Å². The molecular weight excluding hydrogens is 458 g/mol. The van der Waals surface area contributed by atoms with Gasteiger partial charge in [0.2, 0.25) is 0 Å². The number of ether oxygens (including phenoxy) is 1. The molecule has 1 saturated heterocycles. The van der Waals surface area contributed by atoms with Gasteiger partial charge in [-0.1, -0.05) is 52.0 Å². The highest BCUT2D eigenvalue weighted by molar-refractivity contribution is 9.10. The Labute approximate surface area is 180 Å². The minimum atomic E-state index is -0.165. The average Bonchev–Trinajstić information content (AvgIpc) is 3.27. The normalized spacial score (nSPS) is 15.5. The van der Waals surface area contributed by atoms with Crippen LogP contribution in [0, 0.1) is 0 Å². The molecule has 0 aliphatic carbocycles. The molecule has 7 heteroatoms. The molecule has 0 spiro atoms. The molecule has 0 atom stereocenters.